The van der Waals surface area contributed by atoms with E-state index in [1.54, 1.807) is 17.0 Å². The van der Waals surface area contributed by atoms with Crippen LogP contribution in [0.4, 0.5) is 0 Å². The molecule has 146 valence electrons. The van der Waals surface area contributed by atoms with Gasteiger partial charge in [-0.25, -0.2) is 0 Å². The summed E-state index contributed by atoms with van der Waals surface area (Å²) >= 11 is 3.37. The van der Waals surface area contributed by atoms with Gasteiger partial charge in [0, 0.05) is 39.7 Å². The van der Waals surface area contributed by atoms with Crippen LogP contribution >= 0.6 is 15.9 Å². The number of aryl methyl sites for hydroxylation is 2. The molecule has 1 amide bonds. The first kappa shape index (κ1) is 20.3. The summed E-state index contributed by atoms with van der Waals surface area (Å²) in [5, 5.41) is 10.2. The van der Waals surface area contributed by atoms with Crippen molar-refractivity contribution in [1.29, 1.82) is 0 Å². The van der Waals surface area contributed by atoms with Crippen molar-refractivity contribution in [3.05, 3.63) is 79.5 Å². The number of nitrogens with zero attached hydrogens (tertiary/aromatic N) is 1. The molecule has 0 aliphatic heterocycles. The number of pyridine rings is 1. The molecule has 28 heavy (non-hydrogen) atoms. The Morgan fingerprint density at radius 3 is 2.54 bits per heavy atom. The van der Waals surface area contributed by atoms with Crippen molar-refractivity contribution < 1.29 is 9.90 Å². The topological polar surface area (TPSA) is 73.4 Å². The van der Waals surface area contributed by atoms with E-state index in [9.17, 15) is 14.7 Å². The third-order valence-electron chi connectivity index (χ3n) is 4.72. The van der Waals surface area contributed by atoms with Crippen molar-refractivity contribution in [2.45, 2.75) is 26.8 Å². The highest BCUT2D eigenvalue weighted by atomic mass is 79.9. The van der Waals surface area contributed by atoms with Gasteiger partial charge >= 0.3 is 0 Å². The van der Waals surface area contributed by atoms with Gasteiger partial charge in [-0.2, -0.15) is 0 Å². The number of nitrogens with one attached hydrogen (secondary N) is 1. The summed E-state index contributed by atoms with van der Waals surface area (Å²) in [5.74, 6) is -0.166. The average molecular weight is 443 g/mol. The molecule has 1 aromatic heterocycles. The smallest absolute Gasteiger partial charge is 0.254 e. The Balaban J connectivity index is 1.96. The molecule has 0 aliphatic carbocycles. The molecule has 0 unspecified atom stereocenters. The number of hydrogen-bond acceptors (Lipinski definition) is 3. The van der Waals surface area contributed by atoms with Crippen LogP contribution in [0.1, 0.15) is 33.5 Å². The second-order valence-electron chi connectivity index (χ2n) is 6.98. The Morgan fingerprint density at radius 2 is 1.86 bits per heavy atom. The van der Waals surface area contributed by atoms with E-state index in [0.717, 1.165) is 26.5 Å². The highest BCUT2D eigenvalue weighted by molar-refractivity contribution is 9.10. The summed E-state index contributed by atoms with van der Waals surface area (Å²) < 4.78 is 0.891. The minimum Gasteiger partial charge on any atom is -0.396 e. The summed E-state index contributed by atoms with van der Waals surface area (Å²) in [7, 11) is 0. The molecule has 5 nitrogen and oxygen atoms in total. The van der Waals surface area contributed by atoms with E-state index >= 15 is 0 Å². The van der Waals surface area contributed by atoms with Crippen LogP contribution in [0.25, 0.3) is 10.9 Å². The predicted molar refractivity (Wildman–Crippen MR) is 115 cm³/mol. The first-order chi connectivity index (χ1) is 13.4. The number of carbonyl (C=O) groups excluding carboxylic acids is 1. The molecule has 0 fully saturated rings. The van der Waals surface area contributed by atoms with Gasteiger partial charge in [-0.3, -0.25) is 9.59 Å². The van der Waals surface area contributed by atoms with Gasteiger partial charge in [0.05, 0.1) is 6.54 Å². The molecule has 0 atom stereocenters. The van der Waals surface area contributed by atoms with E-state index in [0.29, 0.717) is 24.1 Å². The lowest BCUT2D eigenvalue weighted by Gasteiger charge is -2.22. The van der Waals surface area contributed by atoms with Gasteiger partial charge in [0.2, 0.25) is 0 Å². The van der Waals surface area contributed by atoms with Crippen LogP contribution in [0.2, 0.25) is 0 Å². The molecule has 0 aliphatic rings. The SMILES string of the molecule is Cc1cc(C)c2cc(CN(CCCO)C(=O)c3ccc(Br)cc3)c(=O)[nH]c2c1. The molecule has 2 N–H and O–H groups in total. The molecule has 0 spiro atoms. The van der Waals surface area contributed by atoms with Crippen molar-refractivity contribution in [2.24, 2.45) is 0 Å². The number of aliphatic hydroxyl groups is 1. The molecule has 0 saturated carbocycles. The van der Waals surface area contributed by atoms with Gasteiger partial charge in [-0.1, -0.05) is 22.0 Å². The van der Waals surface area contributed by atoms with Crippen LogP contribution in [0.3, 0.4) is 0 Å². The van der Waals surface area contributed by atoms with Crippen LogP contribution in [-0.2, 0) is 6.54 Å². The Hall–Kier alpha value is -2.44. The van der Waals surface area contributed by atoms with Gasteiger partial charge in [0.15, 0.2) is 0 Å². The number of aliphatic hydroxyl groups excluding tert-OH is 1. The number of rotatable bonds is 6. The van der Waals surface area contributed by atoms with E-state index in [2.05, 4.69) is 27.0 Å². The number of fused-ring (bicyclic) bond motifs is 1. The lowest BCUT2D eigenvalue weighted by atomic mass is 10.0. The third-order valence-corrected chi connectivity index (χ3v) is 5.24. The molecule has 0 saturated heterocycles. The number of H-pyrrole nitrogens is 1. The largest absolute Gasteiger partial charge is 0.396 e. The number of benzene rings is 2. The van der Waals surface area contributed by atoms with Crippen molar-refractivity contribution in [1.82, 2.24) is 9.88 Å². The molecular formula is C22H23BrN2O3. The monoisotopic (exact) mass is 442 g/mol. The molecule has 1 heterocycles. The Morgan fingerprint density at radius 1 is 1.14 bits per heavy atom. The normalized spacial score (nSPS) is 11.0. The highest BCUT2D eigenvalue weighted by Gasteiger charge is 2.18. The molecule has 0 bridgehead atoms. The minimum atomic E-state index is -0.199. The van der Waals surface area contributed by atoms with Gasteiger partial charge in [-0.05, 0) is 67.8 Å². The number of amides is 1. The summed E-state index contributed by atoms with van der Waals surface area (Å²) in [6, 6.07) is 13.0. The van der Waals surface area contributed by atoms with Gasteiger partial charge in [-0.15, -0.1) is 0 Å². The molecule has 3 aromatic rings. The number of hydrogen-bond donors (Lipinski definition) is 2. The van der Waals surface area contributed by atoms with Crippen LogP contribution in [0, 0.1) is 13.8 Å². The van der Waals surface area contributed by atoms with Gasteiger partial charge < -0.3 is 15.0 Å². The maximum Gasteiger partial charge on any atom is 0.254 e. The highest BCUT2D eigenvalue weighted by Crippen LogP contribution is 2.20. The van der Waals surface area contributed by atoms with Crippen LogP contribution < -0.4 is 5.56 Å². The minimum absolute atomic E-state index is 0.0173. The zero-order valence-electron chi connectivity index (χ0n) is 16.0. The fraction of sp³-hybridized carbons (Fsp3) is 0.273. The number of aromatic amines is 1. The molecule has 6 heteroatoms. The predicted octanol–water partition coefficient (Wildman–Crippen LogP) is 3.93. The molecule has 0 radical (unpaired) electrons. The summed E-state index contributed by atoms with van der Waals surface area (Å²) in [5.41, 5.74) is 3.84. The van der Waals surface area contributed by atoms with E-state index < -0.39 is 0 Å². The number of aromatic nitrogens is 1. The first-order valence-electron chi connectivity index (χ1n) is 9.18. The summed E-state index contributed by atoms with van der Waals surface area (Å²) in [4.78, 5) is 30.1. The standard InChI is InChI=1S/C22H23BrN2O3/c1-14-10-15(2)19-12-17(21(27)24-20(19)11-14)13-25(8-3-9-26)22(28)16-4-6-18(23)7-5-16/h4-7,10-12,26H,3,8-9,13H2,1-2H3,(H,24,27). The third kappa shape index (κ3) is 4.51. The van der Waals surface area contributed by atoms with E-state index in [1.165, 1.54) is 0 Å². The van der Waals surface area contributed by atoms with Crippen molar-refractivity contribution in [3.63, 3.8) is 0 Å². The van der Waals surface area contributed by atoms with E-state index in [-0.39, 0.29) is 24.6 Å². The lowest BCUT2D eigenvalue weighted by Crippen LogP contribution is -2.34. The zero-order valence-corrected chi connectivity index (χ0v) is 17.5. The number of carbonyl (C=O) groups is 1. The lowest BCUT2D eigenvalue weighted by molar-refractivity contribution is 0.0731. The van der Waals surface area contributed by atoms with E-state index in [1.807, 2.05) is 38.1 Å². The average Bonchev–Trinajstić information content (AvgIpc) is 2.65. The fourth-order valence-electron chi connectivity index (χ4n) is 3.33. The van der Waals surface area contributed by atoms with Crippen molar-refractivity contribution in [3.8, 4) is 0 Å². The summed E-state index contributed by atoms with van der Waals surface area (Å²) in [6.07, 6.45) is 0.450. The molecule has 2 aromatic carbocycles. The Bertz CT molecular complexity index is 1060. The summed E-state index contributed by atoms with van der Waals surface area (Å²) in [6.45, 7) is 4.54. The van der Waals surface area contributed by atoms with Crippen LogP contribution in [-0.4, -0.2) is 34.0 Å². The second kappa shape index (κ2) is 8.71. The number of halogens is 1. The molecule has 3 rings (SSSR count). The first-order valence-corrected chi connectivity index (χ1v) is 9.97. The molecular weight excluding hydrogens is 420 g/mol. The zero-order chi connectivity index (χ0) is 20.3. The second-order valence-corrected chi connectivity index (χ2v) is 7.89. The quantitative estimate of drug-likeness (QED) is 0.607. The Labute approximate surface area is 172 Å². The van der Waals surface area contributed by atoms with Crippen molar-refractivity contribution in [2.75, 3.05) is 13.2 Å². The van der Waals surface area contributed by atoms with Crippen LogP contribution in [0.5, 0.6) is 0 Å². The van der Waals surface area contributed by atoms with Gasteiger partial charge in [0.1, 0.15) is 0 Å². The maximum absolute atomic E-state index is 13.0. The van der Waals surface area contributed by atoms with E-state index in [4.69, 9.17) is 0 Å². The maximum atomic E-state index is 13.0. The van der Waals surface area contributed by atoms with Crippen LogP contribution in [0.15, 0.2) is 51.7 Å². The Kier molecular flexibility index (Phi) is 6.31. The van der Waals surface area contributed by atoms with Gasteiger partial charge in [0.25, 0.3) is 11.5 Å². The van der Waals surface area contributed by atoms with Crippen molar-refractivity contribution >= 4 is 32.7 Å². The fourth-order valence-corrected chi connectivity index (χ4v) is 3.59.